The number of anilines is 1. The van der Waals surface area contributed by atoms with Gasteiger partial charge in [0.15, 0.2) is 33.0 Å². The molecule has 2 aromatic carbocycles. The van der Waals surface area contributed by atoms with Crippen molar-refractivity contribution >= 4 is 63.9 Å². The molecule has 15 heteroatoms. The van der Waals surface area contributed by atoms with Crippen LogP contribution in [-0.2, 0) is 25.7 Å². The summed E-state index contributed by atoms with van der Waals surface area (Å²) in [6, 6.07) is 6.46. The Morgan fingerprint density at radius 1 is 0.896 bits per heavy atom. The lowest BCUT2D eigenvalue weighted by atomic mass is 9.56. The summed E-state index contributed by atoms with van der Waals surface area (Å²) in [4.78, 5) is 52.7. The lowest BCUT2D eigenvalue weighted by molar-refractivity contribution is -0.141. The van der Waals surface area contributed by atoms with Crippen molar-refractivity contribution in [1.82, 2.24) is 4.90 Å². The molecule has 3 heterocycles. The average Bonchev–Trinajstić information content (AvgIpc) is 3.69. The Balaban J connectivity index is 1.43. The maximum Gasteiger partial charge on any atom is 0.258 e. The average molecular weight is 726 g/mol. The summed E-state index contributed by atoms with van der Waals surface area (Å²) >= 11 is 15.6. The first-order chi connectivity index (χ1) is 22.6. The van der Waals surface area contributed by atoms with Crippen molar-refractivity contribution in [3.63, 3.8) is 0 Å². The third kappa shape index (κ3) is 4.10. The van der Waals surface area contributed by atoms with Gasteiger partial charge >= 0.3 is 0 Å². The summed E-state index contributed by atoms with van der Waals surface area (Å²) in [5.41, 5.74) is -0.623. The van der Waals surface area contributed by atoms with Crippen LogP contribution in [-0.4, -0.2) is 43.4 Å². The number of allylic oxidation sites excluding steroid dienone is 2. The fraction of sp³-hybridized carbons (Fsp3) is 0.333. The molecule has 3 fully saturated rings. The van der Waals surface area contributed by atoms with Gasteiger partial charge in [-0.25, -0.2) is 26.9 Å². The number of halogens is 7. The molecule has 250 valence electrons. The van der Waals surface area contributed by atoms with E-state index in [1.54, 1.807) is 37.4 Å². The number of alkyl halides is 2. The Kier molecular flexibility index (Phi) is 7.39. The van der Waals surface area contributed by atoms with Gasteiger partial charge in [0, 0.05) is 10.8 Å². The van der Waals surface area contributed by atoms with Crippen LogP contribution in [0.25, 0.3) is 0 Å². The van der Waals surface area contributed by atoms with Crippen LogP contribution in [0.2, 0.25) is 0 Å². The number of benzene rings is 2. The van der Waals surface area contributed by atoms with E-state index in [0.717, 1.165) is 9.78 Å². The van der Waals surface area contributed by atoms with E-state index >= 15 is 8.78 Å². The number of likely N-dealkylation sites (tertiary alicyclic amines) is 1. The molecule has 4 aliphatic rings. The number of thiophene rings is 1. The number of nitrogens with zero attached hydrogens (tertiary/aromatic N) is 2. The van der Waals surface area contributed by atoms with Crippen molar-refractivity contribution in [3.05, 3.63) is 91.9 Å². The Morgan fingerprint density at radius 2 is 1.50 bits per heavy atom. The zero-order valence-corrected chi connectivity index (χ0v) is 27.3. The minimum atomic E-state index is -2.63. The number of aromatic hydroxyl groups is 1. The highest BCUT2D eigenvalue weighted by Crippen LogP contribution is 2.66. The summed E-state index contributed by atoms with van der Waals surface area (Å²) in [5.74, 6) is -20.7. The standard InChI is InChI=1S/C33H23Cl2F5N2O5S/c1-12-8-14(9-13(2)27(12)43)20-16-5-6-17-19(29(45)41(28(17)44)11-15-4-3-7-48-15)18(16)10-32(34)30(46)42(31(47)33(20,32)35)26-24(39)22(37)21(36)23(38)25(26)40/h3-5,7-9,17-20,43H,6,10-11H2,1-2H3/t17-,18+,19-,20-,32+,33-/m0/s1. The minimum Gasteiger partial charge on any atom is -0.507 e. The molecule has 6 atom stereocenters. The molecule has 0 bridgehead atoms. The molecule has 7 nitrogen and oxygen atoms in total. The van der Waals surface area contributed by atoms with Gasteiger partial charge < -0.3 is 5.11 Å². The second kappa shape index (κ2) is 10.8. The highest BCUT2D eigenvalue weighted by atomic mass is 35.5. The van der Waals surface area contributed by atoms with Crippen LogP contribution in [0, 0.1) is 60.7 Å². The molecule has 48 heavy (non-hydrogen) atoms. The first kappa shape index (κ1) is 32.7. The van der Waals surface area contributed by atoms with Gasteiger partial charge in [-0.3, -0.25) is 24.1 Å². The quantitative estimate of drug-likeness (QED) is 0.0825. The van der Waals surface area contributed by atoms with Gasteiger partial charge in [0.1, 0.15) is 11.4 Å². The molecule has 1 saturated carbocycles. The molecule has 0 spiro atoms. The Labute approximate surface area is 283 Å². The predicted molar refractivity (Wildman–Crippen MR) is 164 cm³/mol. The highest BCUT2D eigenvalue weighted by Gasteiger charge is 2.77. The van der Waals surface area contributed by atoms with Crippen LogP contribution in [0.4, 0.5) is 27.6 Å². The summed E-state index contributed by atoms with van der Waals surface area (Å²) in [6.07, 6.45) is 1.09. The van der Waals surface area contributed by atoms with Crippen LogP contribution in [0.3, 0.4) is 0 Å². The fourth-order valence-electron chi connectivity index (χ4n) is 7.88. The van der Waals surface area contributed by atoms with Crippen molar-refractivity contribution in [2.24, 2.45) is 17.8 Å². The highest BCUT2D eigenvalue weighted by molar-refractivity contribution is 7.09. The third-order valence-corrected chi connectivity index (χ3v) is 12.3. The number of phenolic OH excluding ortho intramolecular Hbond substituents is 1. The van der Waals surface area contributed by atoms with E-state index in [-0.39, 0.29) is 29.2 Å². The van der Waals surface area contributed by atoms with Crippen LogP contribution in [0.5, 0.6) is 5.75 Å². The van der Waals surface area contributed by atoms with E-state index in [9.17, 15) is 37.5 Å². The summed E-state index contributed by atoms with van der Waals surface area (Å²) < 4.78 is 73.2. The number of phenols is 1. The number of rotatable bonds is 4. The van der Waals surface area contributed by atoms with E-state index in [2.05, 4.69) is 0 Å². The predicted octanol–water partition coefficient (Wildman–Crippen LogP) is 6.53. The maximum atomic E-state index is 15.2. The van der Waals surface area contributed by atoms with Crippen molar-refractivity contribution in [2.75, 3.05) is 4.90 Å². The van der Waals surface area contributed by atoms with Gasteiger partial charge in [-0.1, -0.05) is 29.8 Å². The molecular weight excluding hydrogens is 702 g/mol. The van der Waals surface area contributed by atoms with E-state index in [1.165, 1.54) is 23.5 Å². The number of carbonyl (C=O) groups excluding carboxylic acids is 4. The van der Waals surface area contributed by atoms with Crippen LogP contribution in [0.15, 0.2) is 41.3 Å². The first-order valence-corrected chi connectivity index (χ1v) is 16.4. The van der Waals surface area contributed by atoms with Crippen LogP contribution < -0.4 is 4.90 Å². The molecule has 3 aromatic rings. The van der Waals surface area contributed by atoms with Crippen molar-refractivity contribution < 1.29 is 46.2 Å². The molecule has 4 amide bonds. The second-order valence-corrected chi connectivity index (χ2v) is 14.8. The number of fused-ring (bicyclic) bond motifs is 4. The number of hydrogen-bond donors (Lipinski definition) is 1. The van der Waals surface area contributed by atoms with Crippen molar-refractivity contribution in [3.8, 4) is 5.75 Å². The van der Waals surface area contributed by atoms with E-state index < -0.39 is 98.2 Å². The molecule has 2 aliphatic carbocycles. The first-order valence-electron chi connectivity index (χ1n) is 14.7. The zero-order valence-electron chi connectivity index (χ0n) is 24.9. The van der Waals surface area contributed by atoms with Gasteiger partial charge in [0.05, 0.1) is 18.4 Å². The monoisotopic (exact) mass is 724 g/mol. The lowest BCUT2D eigenvalue weighted by Gasteiger charge is -2.50. The smallest absolute Gasteiger partial charge is 0.258 e. The van der Waals surface area contributed by atoms with Gasteiger partial charge in [-0.15, -0.1) is 34.5 Å². The summed E-state index contributed by atoms with van der Waals surface area (Å²) in [5, 5.41) is 12.3. The van der Waals surface area contributed by atoms with E-state index in [4.69, 9.17) is 23.2 Å². The topological polar surface area (TPSA) is 95.0 Å². The molecule has 2 aliphatic heterocycles. The molecule has 7 rings (SSSR count). The Hall–Kier alpha value is -3.81. The number of carbonyl (C=O) groups is 4. The van der Waals surface area contributed by atoms with Crippen molar-refractivity contribution in [2.45, 2.75) is 48.9 Å². The molecule has 1 aromatic heterocycles. The fourth-order valence-corrected chi connectivity index (χ4v) is 9.50. The summed E-state index contributed by atoms with van der Waals surface area (Å²) in [7, 11) is 0. The third-order valence-electron chi connectivity index (χ3n) is 10.1. The van der Waals surface area contributed by atoms with E-state index in [1.807, 2.05) is 0 Å². The second-order valence-electron chi connectivity index (χ2n) is 12.5. The lowest BCUT2D eigenvalue weighted by Crippen LogP contribution is -2.60. The Morgan fingerprint density at radius 3 is 2.08 bits per heavy atom. The van der Waals surface area contributed by atoms with Gasteiger partial charge in [-0.05, 0) is 60.7 Å². The number of amides is 4. The minimum absolute atomic E-state index is 0.00106. The maximum absolute atomic E-state index is 15.2. The van der Waals surface area contributed by atoms with Gasteiger partial charge in [0.2, 0.25) is 17.6 Å². The normalized spacial score (nSPS) is 29.7. The summed E-state index contributed by atoms with van der Waals surface area (Å²) in [6.45, 7) is 3.11. The van der Waals surface area contributed by atoms with Crippen molar-refractivity contribution in [1.29, 1.82) is 0 Å². The molecule has 0 unspecified atom stereocenters. The molecular formula is C33H23Cl2F5N2O5S. The van der Waals surface area contributed by atoms with Gasteiger partial charge in [-0.2, -0.15) is 0 Å². The molecule has 0 radical (unpaired) electrons. The zero-order chi connectivity index (χ0) is 34.8. The Bertz CT molecular complexity index is 1970. The largest absolute Gasteiger partial charge is 0.507 e. The van der Waals surface area contributed by atoms with Crippen LogP contribution in [0.1, 0.15) is 40.3 Å². The number of hydrogen-bond acceptors (Lipinski definition) is 6. The number of imide groups is 2. The van der Waals surface area contributed by atoms with Gasteiger partial charge in [0.25, 0.3) is 11.8 Å². The molecule has 1 N–H and O–H groups in total. The van der Waals surface area contributed by atoms with E-state index in [0.29, 0.717) is 16.7 Å². The van der Waals surface area contributed by atoms with Crippen LogP contribution >= 0.6 is 34.5 Å². The number of aryl methyl sites for hydroxylation is 2. The molecule has 2 saturated heterocycles. The SMILES string of the molecule is Cc1cc([C@H]2C3=CC[C@@H]4C(=O)N(Cc5cccs5)C(=O)[C@@H]4[C@@H]3C[C@@]3(Cl)C(=O)N(c4c(F)c(F)c(F)c(F)c4F)C(=O)[C@@]23Cl)cc(C)c1O.